The fourth-order valence-corrected chi connectivity index (χ4v) is 1.41. The molecule has 0 unspecified atom stereocenters. The van der Waals surface area contributed by atoms with Crippen molar-refractivity contribution in [1.29, 1.82) is 0 Å². The smallest absolute Gasteiger partial charge is 0.159 e. The van der Waals surface area contributed by atoms with Gasteiger partial charge in [0.25, 0.3) is 0 Å². The lowest BCUT2D eigenvalue weighted by molar-refractivity contribution is 0.785. The third-order valence-corrected chi connectivity index (χ3v) is 2.12. The normalized spacial score (nSPS) is 10.4. The first kappa shape index (κ1) is 10.6. The van der Waals surface area contributed by atoms with E-state index in [4.69, 9.17) is 5.84 Å². The van der Waals surface area contributed by atoms with Crippen molar-refractivity contribution in [2.75, 3.05) is 5.43 Å². The van der Waals surface area contributed by atoms with Gasteiger partial charge in [-0.15, -0.1) is 0 Å². The van der Waals surface area contributed by atoms with Crippen LogP contribution < -0.4 is 11.3 Å². The van der Waals surface area contributed by atoms with Crippen LogP contribution in [0.15, 0.2) is 24.5 Å². The molecule has 84 valence electrons. The van der Waals surface area contributed by atoms with Gasteiger partial charge in [-0.05, 0) is 12.5 Å². The van der Waals surface area contributed by atoms with Gasteiger partial charge in [-0.1, -0.05) is 6.92 Å². The summed E-state index contributed by atoms with van der Waals surface area (Å²) in [6, 6.07) is 3.60. The van der Waals surface area contributed by atoms with E-state index >= 15 is 0 Å². The highest BCUT2D eigenvalue weighted by molar-refractivity contribution is 5.40. The first-order valence-corrected chi connectivity index (χ1v) is 5.18. The minimum absolute atomic E-state index is 0.601. The Morgan fingerprint density at radius 2 is 2.31 bits per heavy atom. The Morgan fingerprint density at radius 1 is 1.44 bits per heavy atom. The molecule has 0 radical (unpaired) electrons. The second kappa shape index (κ2) is 4.71. The van der Waals surface area contributed by atoms with E-state index < -0.39 is 0 Å². The molecule has 3 N–H and O–H groups in total. The minimum atomic E-state index is 0.601. The fourth-order valence-electron chi connectivity index (χ4n) is 1.41. The topological polar surface area (TPSA) is 81.6 Å². The van der Waals surface area contributed by atoms with Crippen molar-refractivity contribution in [3.63, 3.8) is 0 Å². The van der Waals surface area contributed by atoms with Gasteiger partial charge in [0.15, 0.2) is 5.82 Å². The number of nitrogens with two attached hydrogens (primary N) is 1. The molecule has 0 saturated carbocycles. The molecule has 0 aliphatic carbocycles. The van der Waals surface area contributed by atoms with Gasteiger partial charge in [-0.3, -0.25) is 0 Å². The van der Waals surface area contributed by atoms with Crippen molar-refractivity contribution in [2.45, 2.75) is 19.8 Å². The maximum Gasteiger partial charge on any atom is 0.159 e. The molecule has 0 aromatic carbocycles. The molecule has 2 heterocycles. The number of hydrogen-bond acceptors (Lipinski definition) is 5. The summed E-state index contributed by atoms with van der Waals surface area (Å²) in [5.74, 6) is 7.45. The van der Waals surface area contributed by atoms with Crippen molar-refractivity contribution < 1.29 is 0 Å². The Balaban J connectivity index is 2.41. The van der Waals surface area contributed by atoms with Crippen LogP contribution in [-0.2, 0) is 6.42 Å². The van der Waals surface area contributed by atoms with E-state index in [0.717, 1.165) is 24.5 Å². The summed E-state index contributed by atoms with van der Waals surface area (Å²) in [5, 5.41) is 4.12. The van der Waals surface area contributed by atoms with Gasteiger partial charge in [-0.25, -0.2) is 20.5 Å². The highest BCUT2D eigenvalue weighted by Crippen LogP contribution is 2.10. The summed E-state index contributed by atoms with van der Waals surface area (Å²) in [6.45, 7) is 2.08. The Labute approximate surface area is 93.5 Å². The predicted octanol–water partition coefficient (Wildman–Crippen LogP) is 0.900. The summed E-state index contributed by atoms with van der Waals surface area (Å²) in [6.07, 6.45) is 5.35. The third kappa shape index (κ3) is 2.17. The second-order valence-corrected chi connectivity index (χ2v) is 3.37. The number of hydrazine groups is 1. The van der Waals surface area contributed by atoms with Crippen molar-refractivity contribution in [3.8, 4) is 5.82 Å². The molecule has 6 nitrogen and oxygen atoms in total. The monoisotopic (exact) mass is 218 g/mol. The highest BCUT2D eigenvalue weighted by atomic mass is 15.3. The van der Waals surface area contributed by atoms with Crippen LogP contribution in [0, 0.1) is 0 Å². The molecule has 2 aromatic heterocycles. The quantitative estimate of drug-likeness (QED) is 0.588. The first-order valence-electron chi connectivity index (χ1n) is 5.18. The molecule has 16 heavy (non-hydrogen) atoms. The van der Waals surface area contributed by atoms with Gasteiger partial charge in [0.05, 0.1) is 0 Å². The average Bonchev–Trinajstić information content (AvgIpc) is 2.82. The van der Waals surface area contributed by atoms with E-state index in [9.17, 15) is 0 Å². The van der Waals surface area contributed by atoms with Crippen LogP contribution in [-0.4, -0.2) is 19.7 Å². The molecule has 0 aliphatic rings. The standard InChI is InChI=1S/C10H14N6/c1-2-4-8-13-9(15-11)7-10(14-8)16-6-3-5-12-16/h3,5-7H,2,4,11H2,1H3,(H,13,14,15). The molecule has 0 aliphatic heterocycles. The molecular weight excluding hydrogens is 204 g/mol. The molecule has 0 spiro atoms. The molecule has 2 rings (SSSR count). The highest BCUT2D eigenvalue weighted by Gasteiger charge is 2.05. The molecule has 0 atom stereocenters. The van der Waals surface area contributed by atoms with Crippen LogP contribution in [0.5, 0.6) is 0 Å². The molecule has 0 saturated heterocycles. The lowest BCUT2D eigenvalue weighted by atomic mass is 10.3. The van der Waals surface area contributed by atoms with E-state index in [1.165, 1.54) is 0 Å². The summed E-state index contributed by atoms with van der Waals surface area (Å²) < 4.78 is 1.68. The summed E-state index contributed by atoms with van der Waals surface area (Å²) in [5.41, 5.74) is 2.54. The predicted molar refractivity (Wildman–Crippen MR) is 61.0 cm³/mol. The number of rotatable bonds is 4. The molecule has 0 bridgehead atoms. The fraction of sp³-hybridized carbons (Fsp3) is 0.300. The lowest BCUT2D eigenvalue weighted by Crippen LogP contribution is -2.12. The van der Waals surface area contributed by atoms with E-state index in [-0.39, 0.29) is 0 Å². The minimum Gasteiger partial charge on any atom is -0.308 e. The van der Waals surface area contributed by atoms with Crippen molar-refractivity contribution in [1.82, 2.24) is 19.7 Å². The maximum atomic E-state index is 5.37. The van der Waals surface area contributed by atoms with E-state index in [1.807, 2.05) is 12.3 Å². The van der Waals surface area contributed by atoms with Crippen molar-refractivity contribution >= 4 is 5.82 Å². The zero-order chi connectivity index (χ0) is 11.4. The average molecular weight is 218 g/mol. The van der Waals surface area contributed by atoms with Crippen LogP contribution in [0.2, 0.25) is 0 Å². The van der Waals surface area contributed by atoms with Gasteiger partial charge in [0.2, 0.25) is 0 Å². The van der Waals surface area contributed by atoms with Gasteiger partial charge in [-0.2, -0.15) is 5.10 Å². The number of nitrogens with zero attached hydrogens (tertiary/aromatic N) is 4. The van der Waals surface area contributed by atoms with Gasteiger partial charge < -0.3 is 5.43 Å². The van der Waals surface area contributed by atoms with Crippen LogP contribution >= 0.6 is 0 Å². The number of nitrogens with one attached hydrogen (secondary N) is 1. The third-order valence-electron chi connectivity index (χ3n) is 2.12. The first-order chi connectivity index (χ1) is 7.83. The summed E-state index contributed by atoms with van der Waals surface area (Å²) in [4.78, 5) is 8.67. The number of nitrogen functional groups attached to an aromatic ring is 1. The Bertz CT molecular complexity index is 450. The Hall–Kier alpha value is -1.95. The number of anilines is 1. The second-order valence-electron chi connectivity index (χ2n) is 3.37. The summed E-state index contributed by atoms with van der Waals surface area (Å²) in [7, 11) is 0. The van der Waals surface area contributed by atoms with Crippen LogP contribution in [0.1, 0.15) is 19.2 Å². The zero-order valence-corrected chi connectivity index (χ0v) is 9.09. The van der Waals surface area contributed by atoms with E-state index in [0.29, 0.717) is 5.82 Å². The zero-order valence-electron chi connectivity index (χ0n) is 9.09. The van der Waals surface area contributed by atoms with Crippen molar-refractivity contribution in [3.05, 3.63) is 30.4 Å². The lowest BCUT2D eigenvalue weighted by Gasteiger charge is -2.06. The van der Waals surface area contributed by atoms with Gasteiger partial charge >= 0.3 is 0 Å². The van der Waals surface area contributed by atoms with Crippen LogP contribution in [0.4, 0.5) is 5.82 Å². The molecule has 6 heteroatoms. The molecule has 2 aromatic rings. The van der Waals surface area contributed by atoms with E-state index in [1.54, 1.807) is 16.9 Å². The summed E-state index contributed by atoms with van der Waals surface area (Å²) >= 11 is 0. The number of aromatic nitrogens is 4. The molecular formula is C10H14N6. The molecule has 0 fully saturated rings. The van der Waals surface area contributed by atoms with E-state index in [2.05, 4.69) is 27.4 Å². The number of hydrogen-bond donors (Lipinski definition) is 2. The Morgan fingerprint density at radius 3 is 2.94 bits per heavy atom. The van der Waals surface area contributed by atoms with Gasteiger partial charge in [0, 0.05) is 24.9 Å². The number of aryl methyl sites for hydroxylation is 1. The van der Waals surface area contributed by atoms with Crippen LogP contribution in [0.3, 0.4) is 0 Å². The molecule has 0 amide bonds. The van der Waals surface area contributed by atoms with Crippen molar-refractivity contribution in [2.24, 2.45) is 5.84 Å². The van der Waals surface area contributed by atoms with Crippen LogP contribution in [0.25, 0.3) is 5.82 Å². The largest absolute Gasteiger partial charge is 0.308 e. The maximum absolute atomic E-state index is 5.37. The Kier molecular flexibility index (Phi) is 3.11. The SMILES string of the molecule is CCCc1nc(NN)cc(-n2cccn2)n1. The van der Waals surface area contributed by atoms with Gasteiger partial charge in [0.1, 0.15) is 11.6 Å².